The quantitative estimate of drug-likeness (QED) is 0.323. The molecule has 0 atom stereocenters. The number of benzene rings is 2. The number of rotatable bonds is 10. The highest BCUT2D eigenvalue weighted by Gasteiger charge is 2.35. The first-order chi connectivity index (χ1) is 17.2. The zero-order valence-corrected chi connectivity index (χ0v) is 21.8. The van der Waals surface area contributed by atoms with Crippen LogP contribution >= 0.6 is 0 Å². The number of ether oxygens (including phenoxy) is 2. The summed E-state index contributed by atoms with van der Waals surface area (Å²) in [7, 11) is 0. The van der Waals surface area contributed by atoms with Gasteiger partial charge in [-0.15, -0.1) is 0 Å². The lowest BCUT2D eigenvalue weighted by molar-refractivity contribution is -0.206. The predicted molar refractivity (Wildman–Crippen MR) is 143 cm³/mol. The molecule has 2 aliphatic rings. The molecule has 0 radical (unpaired) electrons. The summed E-state index contributed by atoms with van der Waals surface area (Å²) in [4.78, 5) is 0. The van der Waals surface area contributed by atoms with E-state index >= 15 is 0 Å². The summed E-state index contributed by atoms with van der Waals surface area (Å²) >= 11 is 0. The van der Waals surface area contributed by atoms with Gasteiger partial charge in [-0.1, -0.05) is 94.5 Å². The number of hydrogen-bond donors (Lipinski definition) is 0. The first-order valence-electron chi connectivity index (χ1n) is 14.0. The molecule has 1 heterocycles. The first-order valence-corrected chi connectivity index (χ1v) is 14.0. The molecule has 3 nitrogen and oxygen atoms in total. The molecule has 2 aromatic rings. The topological polar surface area (TPSA) is 42.2 Å². The van der Waals surface area contributed by atoms with Crippen LogP contribution in [0, 0.1) is 22.7 Å². The molecular formula is C32H43NO2. The Hall–Kier alpha value is -2.15. The summed E-state index contributed by atoms with van der Waals surface area (Å²) in [6.45, 7) is 6.06. The Morgan fingerprint density at radius 1 is 0.800 bits per heavy atom. The van der Waals surface area contributed by atoms with E-state index in [1.165, 1.54) is 55.2 Å². The highest BCUT2D eigenvalue weighted by molar-refractivity contribution is 5.64. The van der Waals surface area contributed by atoms with Crippen molar-refractivity contribution in [3.05, 3.63) is 59.7 Å². The molecule has 4 rings (SSSR count). The van der Waals surface area contributed by atoms with Crippen molar-refractivity contribution in [2.75, 3.05) is 13.2 Å². The predicted octanol–water partition coefficient (Wildman–Crippen LogP) is 8.95. The molecule has 0 N–H and O–H groups in total. The summed E-state index contributed by atoms with van der Waals surface area (Å²) < 4.78 is 12.1. The van der Waals surface area contributed by atoms with Gasteiger partial charge in [0.05, 0.1) is 24.7 Å². The molecule has 2 aromatic carbocycles. The van der Waals surface area contributed by atoms with Gasteiger partial charge in [-0.25, -0.2) is 0 Å². The maximum absolute atomic E-state index is 9.78. The third-order valence-electron chi connectivity index (χ3n) is 8.27. The number of nitrogens with zero attached hydrogens (tertiary/aromatic N) is 1. The second-order valence-corrected chi connectivity index (χ2v) is 10.9. The lowest BCUT2D eigenvalue weighted by atomic mass is 9.67. The Balaban J connectivity index is 1.30. The zero-order chi connectivity index (χ0) is 24.5. The van der Waals surface area contributed by atoms with Crippen LogP contribution < -0.4 is 0 Å². The third kappa shape index (κ3) is 6.75. The SMILES string of the molecule is CCCCCC1COC(c2ccc(-c3ccc(C4CCC(C#N)(CCCC)CC4)cc3)cc2)OC1. The molecule has 0 amide bonds. The average molecular weight is 474 g/mol. The highest BCUT2D eigenvalue weighted by Crippen LogP contribution is 2.45. The second-order valence-electron chi connectivity index (χ2n) is 10.9. The van der Waals surface area contributed by atoms with Crippen LogP contribution in [0.3, 0.4) is 0 Å². The van der Waals surface area contributed by atoms with Crippen molar-refractivity contribution < 1.29 is 9.47 Å². The van der Waals surface area contributed by atoms with E-state index in [9.17, 15) is 5.26 Å². The molecule has 0 aromatic heterocycles. The Morgan fingerprint density at radius 2 is 1.37 bits per heavy atom. The van der Waals surface area contributed by atoms with Gasteiger partial charge >= 0.3 is 0 Å². The van der Waals surface area contributed by atoms with E-state index < -0.39 is 0 Å². The zero-order valence-electron chi connectivity index (χ0n) is 21.8. The van der Waals surface area contributed by atoms with Crippen LogP contribution in [-0.2, 0) is 9.47 Å². The molecule has 0 bridgehead atoms. The van der Waals surface area contributed by atoms with E-state index in [0.717, 1.165) is 50.9 Å². The molecule has 0 spiro atoms. The lowest BCUT2D eigenvalue weighted by Gasteiger charge is -2.35. The molecular weight excluding hydrogens is 430 g/mol. The van der Waals surface area contributed by atoms with E-state index in [-0.39, 0.29) is 11.7 Å². The largest absolute Gasteiger partial charge is 0.348 e. The Morgan fingerprint density at radius 3 is 1.91 bits per heavy atom. The molecule has 188 valence electrons. The summed E-state index contributed by atoms with van der Waals surface area (Å²) in [6, 6.07) is 20.4. The van der Waals surface area contributed by atoms with Gasteiger partial charge in [0.15, 0.2) is 6.29 Å². The Kier molecular flexibility index (Phi) is 9.41. The van der Waals surface area contributed by atoms with Gasteiger partial charge in [0.1, 0.15) is 0 Å². The van der Waals surface area contributed by atoms with Gasteiger partial charge in [0.25, 0.3) is 0 Å². The molecule has 1 saturated carbocycles. The Bertz CT molecular complexity index is 927. The molecule has 1 aliphatic heterocycles. The fraction of sp³-hybridized carbons (Fsp3) is 0.594. The van der Waals surface area contributed by atoms with E-state index in [4.69, 9.17) is 9.47 Å². The fourth-order valence-corrected chi connectivity index (χ4v) is 5.80. The van der Waals surface area contributed by atoms with Crippen molar-refractivity contribution in [1.82, 2.24) is 0 Å². The molecule has 0 unspecified atom stereocenters. The van der Waals surface area contributed by atoms with Crippen LogP contribution in [0.2, 0.25) is 0 Å². The van der Waals surface area contributed by atoms with Crippen molar-refractivity contribution in [2.45, 2.75) is 96.7 Å². The van der Waals surface area contributed by atoms with Crippen molar-refractivity contribution in [2.24, 2.45) is 11.3 Å². The van der Waals surface area contributed by atoms with Crippen LogP contribution in [0.5, 0.6) is 0 Å². The van der Waals surface area contributed by atoms with Gasteiger partial charge in [-0.3, -0.25) is 0 Å². The lowest BCUT2D eigenvalue weighted by Crippen LogP contribution is -2.27. The molecule has 1 aliphatic carbocycles. The first kappa shape index (κ1) is 25.9. The van der Waals surface area contributed by atoms with E-state index in [1.54, 1.807) is 0 Å². The van der Waals surface area contributed by atoms with Crippen LogP contribution in [0.4, 0.5) is 0 Å². The summed E-state index contributed by atoms with van der Waals surface area (Å²) in [5, 5.41) is 9.78. The minimum absolute atomic E-state index is 0.0735. The van der Waals surface area contributed by atoms with E-state index in [0.29, 0.717) is 11.8 Å². The van der Waals surface area contributed by atoms with Crippen LogP contribution in [0.25, 0.3) is 11.1 Å². The Labute approximate surface area is 212 Å². The average Bonchev–Trinajstić information content (AvgIpc) is 2.93. The van der Waals surface area contributed by atoms with Crippen molar-refractivity contribution in [3.63, 3.8) is 0 Å². The number of unbranched alkanes of at least 4 members (excludes halogenated alkanes) is 3. The highest BCUT2D eigenvalue weighted by atomic mass is 16.7. The third-order valence-corrected chi connectivity index (χ3v) is 8.27. The van der Waals surface area contributed by atoms with Gasteiger partial charge in [0, 0.05) is 11.5 Å². The smallest absolute Gasteiger partial charge is 0.183 e. The normalized spacial score (nSPS) is 26.8. The molecule has 2 fully saturated rings. The maximum Gasteiger partial charge on any atom is 0.183 e. The fourth-order valence-electron chi connectivity index (χ4n) is 5.80. The van der Waals surface area contributed by atoms with Gasteiger partial charge in [-0.05, 0) is 61.1 Å². The van der Waals surface area contributed by atoms with Gasteiger partial charge in [-0.2, -0.15) is 5.26 Å². The number of nitriles is 1. The monoisotopic (exact) mass is 473 g/mol. The molecule has 35 heavy (non-hydrogen) atoms. The van der Waals surface area contributed by atoms with Crippen LogP contribution in [0.1, 0.15) is 108 Å². The summed E-state index contributed by atoms with van der Waals surface area (Å²) in [6.07, 6.45) is 12.6. The molecule has 1 saturated heterocycles. The van der Waals surface area contributed by atoms with E-state index in [2.05, 4.69) is 68.4 Å². The van der Waals surface area contributed by atoms with E-state index in [1.807, 2.05) is 0 Å². The van der Waals surface area contributed by atoms with Gasteiger partial charge in [0.2, 0.25) is 0 Å². The number of hydrogen-bond acceptors (Lipinski definition) is 3. The maximum atomic E-state index is 9.78. The van der Waals surface area contributed by atoms with Gasteiger partial charge < -0.3 is 9.47 Å². The van der Waals surface area contributed by atoms with Crippen molar-refractivity contribution in [1.29, 1.82) is 5.26 Å². The summed E-state index contributed by atoms with van der Waals surface area (Å²) in [5.41, 5.74) is 4.91. The molecule has 3 heteroatoms. The minimum Gasteiger partial charge on any atom is -0.348 e. The second kappa shape index (κ2) is 12.7. The van der Waals surface area contributed by atoms with Crippen LogP contribution in [-0.4, -0.2) is 13.2 Å². The standard InChI is InChI=1S/C32H43NO2/c1-3-5-7-8-25-22-34-31(35-23-25)30-15-13-27(14-16-30)26-9-11-28(12-10-26)29-17-20-32(24-33,21-18-29)19-6-4-2/h9-16,25,29,31H,3-8,17-23H2,1-2H3. The van der Waals surface area contributed by atoms with Crippen LogP contribution in [0.15, 0.2) is 48.5 Å². The van der Waals surface area contributed by atoms with Crippen molar-refractivity contribution in [3.8, 4) is 17.2 Å². The minimum atomic E-state index is -0.238. The van der Waals surface area contributed by atoms with Crippen molar-refractivity contribution >= 4 is 0 Å². The summed E-state index contributed by atoms with van der Waals surface area (Å²) in [5.74, 6) is 1.12.